The maximum absolute atomic E-state index is 12.4. The van der Waals surface area contributed by atoms with E-state index in [9.17, 15) is 14.7 Å². The Bertz CT molecular complexity index is 1010. The summed E-state index contributed by atoms with van der Waals surface area (Å²) in [5.41, 5.74) is 1.52. The summed E-state index contributed by atoms with van der Waals surface area (Å²) in [5.74, 6) is -1.74. The summed E-state index contributed by atoms with van der Waals surface area (Å²) in [6.07, 6.45) is 4.06. The van der Waals surface area contributed by atoms with Crippen LogP contribution in [0.5, 0.6) is 0 Å². The number of nitrogens with zero attached hydrogens (tertiary/aromatic N) is 3. The van der Waals surface area contributed by atoms with E-state index in [-0.39, 0.29) is 28.1 Å². The highest BCUT2D eigenvalue weighted by molar-refractivity contribution is 6.39. The van der Waals surface area contributed by atoms with Gasteiger partial charge >= 0.3 is 5.97 Å². The van der Waals surface area contributed by atoms with Crippen molar-refractivity contribution in [2.45, 2.75) is 6.04 Å². The molecule has 148 valence electrons. The van der Waals surface area contributed by atoms with Crippen LogP contribution < -0.4 is 10.6 Å². The van der Waals surface area contributed by atoms with Crippen LogP contribution in [0.4, 0.5) is 5.95 Å². The van der Waals surface area contributed by atoms with Crippen LogP contribution in [0, 0.1) is 0 Å². The molecule has 3 rings (SSSR count). The number of benzene rings is 1. The summed E-state index contributed by atoms with van der Waals surface area (Å²) in [7, 11) is 0. The van der Waals surface area contributed by atoms with Gasteiger partial charge in [-0.3, -0.25) is 9.78 Å². The number of carboxylic acids is 1. The van der Waals surface area contributed by atoms with E-state index in [1.165, 1.54) is 12.4 Å². The first-order valence-corrected chi connectivity index (χ1v) is 9.16. The quantitative estimate of drug-likeness (QED) is 0.525. The molecule has 0 saturated heterocycles. The fourth-order valence-corrected chi connectivity index (χ4v) is 3.00. The van der Waals surface area contributed by atoms with E-state index in [2.05, 4.69) is 25.6 Å². The third-order valence-electron chi connectivity index (χ3n) is 3.87. The van der Waals surface area contributed by atoms with E-state index < -0.39 is 17.9 Å². The third-order valence-corrected chi connectivity index (χ3v) is 4.45. The maximum Gasteiger partial charge on any atom is 0.328 e. The molecule has 0 bridgehead atoms. The Morgan fingerprint density at radius 2 is 1.76 bits per heavy atom. The summed E-state index contributed by atoms with van der Waals surface area (Å²) in [6, 6.07) is 9.93. The summed E-state index contributed by atoms with van der Waals surface area (Å²) in [4.78, 5) is 36.2. The third kappa shape index (κ3) is 5.18. The van der Waals surface area contributed by atoms with Crippen molar-refractivity contribution in [3.63, 3.8) is 0 Å². The van der Waals surface area contributed by atoms with Gasteiger partial charge in [0.1, 0.15) is 6.04 Å². The van der Waals surface area contributed by atoms with Crippen molar-refractivity contribution in [2.75, 3.05) is 11.9 Å². The molecule has 1 aromatic carbocycles. The lowest BCUT2D eigenvalue weighted by molar-refractivity contribution is -0.138. The average Bonchev–Trinajstić information content (AvgIpc) is 2.71. The summed E-state index contributed by atoms with van der Waals surface area (Å²) < 4.78 is 0. The number of carboxylic acid groups (broad SMARTS) is 1. The first-order valence-electron chi connectivity index (χ1n) is 8.40. The number of halogens is 2. The molecule has 1 atom stereocenters. The van der Waals surface area contributed by atoms with Gasteiger partial charge in [-0.1, -0.05) is 53.5 Å². The van der Waals surface area contributed by atoms with Gasteiger partial charge in [0, 0.05) is 30.7 Å². The van der Waals surface area contributed by atoms with E-state index in [1.807, 2.05) is 30.3 Å². The lowest BCUT2D eigenvalue weighted by Gasteiger charge is -2.16. The predicted octanol–water partition coefficient (Wildman–Crippen LogP) is 3.14. The van der Waals surface area contributed by atoms with Crippen LogP contribution in [0.2, 0.25) is 10.0 Å². The lowest BCUT2D eigenvalue weighted by atomic mass is 10.1. The van der Waals surface area contributed by atoms with E-state index >= 15 is 0 Å². The molecule has 2 aromatic heterocycles. The van der Waals surface area contributed by atoms with Crippen LogP contribution in [0.25, 0.3) is 11.3 Å². The first-order chi connectivity index (χ1) is 14.0. The molecule has 1 amide bonds. The van der Waals surface area contributed by atoms with Crippen molar-refractivity contribution < 1.29 is 14.7 Å². The topological polar surface area (TPSA) is 117 Å². The Labute approximate surface area is 175 Å². The molecule has 0 aliphatic heterocycles. The molecule has 8 nitrogen and oxygen atoms in total. The molecule has 0 radical (unpaired) electrons. The number of carbonyl (C=O) groups excluding carboxylic acids is 1. The van der Waals surface area contributed by atoms with Gasteiger partial charge in [-0.25, -0.2) is 14.8 Å². The molecule has 29 heavy (non-hydrogen) atoms. The Hall–Kier alpha value is -3.23. The van der Waals surface area contributed by atoms with E-state index in [1.54, 1.807) is 12.3 Å². The molecule has 10 heteroatoms. The van der Waals surface area contributed by atoms with Crippen molar-refractivity contribution in [1.29, 1.82) is 0 Å². The highest BCUT2D eigenvalue weighted by Gasteiger charge is 2.24. The number of hydrogen-bond donors (Lipinski definition) is 3. The SMILES string of the molecule is O=C(N[C@@H](CNc1nccc(-c2ccccc2)n1)C(=O)O)c1c(Cl)cncc1Cl. The number of carbonyl (C=O) groups is 2. The summed E-state index contributed by atoms with van der Waals surface area (Å²) >= 11 is 11.9. The van der Waals surface area contributed by atoms with E-state index in [0.717, 1.165) is 5.56 Å². The zero-order valence-corrected chi connectivity index (χ0v) is 16.4. The van der Waals surface area contributed by atoms with Gasteiger partial charge < -0.3 is 15.7 Å². The van der Waals surface area contributed by atoms with Gasteiger partial charge in [0.2, 0.25) is 5.95 Å². The van der Waals surface area contributed by atoms with Crippen molar-refractivity contribution in [1.82, 2.24) is 20.3 Å². The van der Waals surface area contributed by atoms with Gasteiger partial charge in [0.15, 0.2) is 0 Å². The second-order valence-corrected chi connectivity index (χ2v) is 6.67. The maximum atomic E-state index is 12.4. The Morgan fingerprint density at radius 3 is 2.41 bits per heavy atom. The average molecular weight is 432 g/mol. The Balaban J connectivity index is 1.71. The van der Waals surface area contributed by atoms with Crippen molar-refractivity contribution in [3.05, 3.63) is 70.6 Å². The van der Waals surface area contributed by atoms with Crippen LogP contribution in [0.3, 0.4) is 0 Å². The molecule has 3 aromatic rings. The number of nitrogens with one attached hydrogen (secondary N) is 2. The number of hydrogen-bond acceptors (Lipinski definition) is 6. The van der Waals surface area contributed by atoms with Crippen LogP contribution in [-0.2, 0) is 4.79 Å². The molecule has 2 heterocycles. The Morgan fingerprint density at radius 1 is 1.07 bits per heavy atom. The van der Waals surface area contributed by atoms with Crippen LogP contribution in [-0.4, -0.2) is 44.5 Å². The van der Waals surface area contributed by atoms with Crippen LogP contribution in [0.15, 0.2) is 55.0 Å². The number of pyridine rings is 1. The zero-order valence-electron chi connectivity index (χ0n) is 14.8. The van der Waals surface area contributed by atoms with Gasteiger partial charge in [-0.05, 0) is 6.07 Å². The van der Waals surface area contributed by atoms with Crippen LogP contribution in [0.1, 0.15) is 10.4 Å². The van der Waals surface area contributed by atoms with Crippen LogP contribution >= 0.6 is 23.2 Å². The molecule has 0 aliphatic rings. The molecular weight excluding hydrogens is 417 g/mol. The minimum absolute atomic E-state index is 0.0194. The monoisotopic (exact) mass is 431 g/mol. The number of anilines is 1. The zero-order chi connectivity index (χ0) is 20.8. The highest BCUT2D eigenvalue weighted by Crippen LogP contribution is 2.22. The molecule has 0 unspecified atom stereocenters. The largest absolute Gasteiger partial charge is 0.480 e. The molecule has 0 spiro atoms. The second-order valence-electron chi connectivity index (χ2n) is 5.85. The van der Waals surface area contributed by atoms with Gasteiger partial charge in [-0.2, -0.15) is 0 Å². The van der Waals surface area contributed by atoms with Gasteiger partial charge in [-0.15, -0.1) is 0 Å². The second kappa shape index (κ2) is 9.31. The van der Waals surface area contributed by atoms with E-state index in [4.69, 9.17) is 23.2 Å². The summed E-state index contributed by atoms with van der Waals surface area (Å²) in [6.45, 7) is -0.153. The smallest absolute Gasteiger partial charge is 0.328 e. The number of aromatic nitrogens is 3. The molecule has 0 saturated carbocycles. The summed E-state index contributed by atoms with van der Waals surface area (Å²) in [5, 5.41) is 14.7. The number of aliphatic carboxylic acids is 1. The highest BCUT2D eigenvalue weighted by atomic mass is 35.5. The Kier molecular flexibility index (Phi) is 6.58. The fraction of sp³-hybridized carbons (Fsp3) is 0.105. The standard InChI is InChI=1S/C19H15Cl2N5O3/c20-12-8-22-9-13(21)16(12)17(27)25-15(18(28)29)10-24-19-23-7-6-14(26-19)11-4-2-1-3-5-11/h1-9,15H,10H2,(H,25,27)(H,28,29)(H,23,24,26)/t15-/m0/s1. The number of rotatable bonds is 7. The van der Waals surface area contributed by atoms with Crippen molar-refractivity contribution in [3.8, 4) is 11.3 Å². The first kappa shape index (κ1) is 20.5. The molecular formula is C19H15Cl2N5O3. The minimum Gasteiger partial charge on any atom is -0.480 e. The minimum atomic E-state index is -1.27. The van der Waals surface area contributed by atoms with Gasteiger partial charge in [0.05, 0.1) is 21.3 Å². The fourth-order valence-electron chi connectivity index (χ4n) is 2.47. The number of amides is 1. The molecule has 3 N–H and O–H groups in total. The predicted molar refractivity (Wildman–Crippen MR) is 109 cm³/mol. The van der Waals surface area contributed by atoms with E-state index in [0.29, 0.717) is 5.69 Å². The van der Waals surface area contributed by atoms with Crippen molar-refractivity contribution in [2.24, 2.45) is 0 Å². The molecule has 0 aliphatic carbocycles. The van der Waals surface area contributed by atoms with Gasteiger partial charge in [0.25, 0.3) is 5.91 Å². The van der Waals surface area contributed by atoms with Crippen molar-refractivity contribution >= 4 is 41.0 Å². The normalized spacial score (nSPS) is 11.5. The molecule has 0 fully saturated rings. The lowest BCUT2D eigenvalue weighted by Crippen LogP contribution is -2.45.